The first-order chi connectivity index (χ1) is 9.28. The summed E-state index contributed by atoms with van der Waals surface area (Å²) in [4.78, 5) is -0.161. The van der Waals surface area contributed by atoms with Gasteiger partial charge in [0, 0.05) is 12.6 Å². The predicted octanol–water partition coefficient (Wildman–Crippen LogP) is 3.81. The molecule has 0 atom stereocenters. The molecule has 20 heavy (non-hydrogen) atoms. The van der Waals surface area contributed by atoms with Crippen molar-refractivity contribution < 1.29 is 17.2 Å². The summed E-state index contributed by atoms with van der Waals surface area (Å²) in [6, 6.07) is 3.98. The SMILES string of the molecule is O=S(=O)(NCc1cc(F)cc(F)c1)c1cc(Cl)sc1Cl. The highest BCUT2D eigenvalue weighted by molar-refractivity contribution is 7.89. The van der Waals surface area contributed by atoms with Crippen molar-refractivity contribution in [3.05, 3.63) is 50.1 Å². The zero-order chi connectivity index (χ0) is 14.9. The van der Waals surface area contributed by atoms with Gasteiger partial charge in [-0.05, 0) is 23.8 Å². The summed E-state index contributed by atoms with van der Waals surface area (Å²) in [6.45, 7) is -0.263. The molecule has 1 N–H and O–H groups in total. The molecule has 0 aliphatic heterocycles. The van der Waals surface area contributed by atoms with E-state index in [1.807, 2.05) is 0 Å². The summed E-state index contributed by atoms with van der Waals surface area (Å²) >= 11 is 12.3. The van der Waals surface area contributed by atoms with Crippen LogP contribution in [-0.4, -0.2) is 8.42 Å². The van der Waals surface area contributed by atoms with Crippen molar-refractivity contribution in [2.45, 2.75) is 11.4 Å². The molecule has 0 radical (unpaired) electrons. The molecular weight excluding hydrogens is 351 g/mol. The van der Waals surface area contributed by atoms with E-state index in [4.69, 9.17) is 23.2 Å². The van der Waals surface area contributed by atoms with Crippen LogP contribution in [0.4, 0.5) is 8.78 Å². The van der Waals surface area contributed by atoms with E-state index in [0.717, 1.165) is 23.5 Å². The van der Waals surface area contributed by atoms with Gasteiger partial charge in [-0.2, -0.15) is 0 Å². The average molecular weight is 358 g/mol. The van der Waals surface area contributed by atoms with Crippen molar-refractivity contribution in [3.8, 4) is 0 Å². The Hall–Kier alpha value is -0.730. The Labute approximate surface area is 128 Å². The lowest BCUT2D eigenvalue weighted by Crippen LogP contribution is -2.23. The number of rotatable bonds is 4. The molecule has 0 aliphatic carbocycles. The lowest BCUT2D eigenvalue weighted by Gasteiger charge is -2.06. The van der Waals surface area contributed by atoms with E-state index in [1.165, 1.54) is 6.07 Å². The topological polar surface area (TPSA) is 46.2 Å². The first kappa shape index (κ1) is 15.7. The monoisotopic (exact) mass is 357 g/mol. The number of sulfonamides is 1. The van der Waals surface area contributed by atoms with E-state index in [-0.39, 0.29) is 25.7 Å². The molecule has 2 rings (SSSR count). The van der Waals surface area contributed by atoms with E-state index < -0.39 is 21.7 Å². The van der Waals surface area contributed by atoms with Gasteiger partial charge in [-0.15, -0.1) is 11.3 Å². The van der Waals surface area contributed by atoms with Crippen LogP contribution in [0.5, 0.6) is 0 Å². The predicted molar refractivity (Wildman–Crippen MR) is 74.7 cm³/mol. The summed E-state index contributed by atoms with van der Waals surface area (Å²) in [5.41, 5.74) is 0.156. The summed E-state index contributed by atoms with van der Waals surface area (Å²) in [5, 5.41) is 0. The van der Waals surface area contributed by atoms with Crippen LogP contribution in [0.1, 0.15) is 5.56 Å². The Bertz CT molecular complexity index is 727. The van der Waals surface area contributed by atoms with Gasteiger partial charge in [0.1, 0.15) is 20.9 Å². The quantitative estimate of drug-likeness (QED) is 0.904. The second-order valence-electron chi connectivity index (χ2n) is 3.79. The van der Waals surface area contributed by atoms with Crippen LogP contribution in [0.25, 0.3) is 0 Å². The van der Waals surface area contributed by atoms with Crippen molar-refractivity contribution >= 4 is 44.6 Å². The zero-order valence-electron chi connectivity index (χ0n) is 9.66. The molecular formula is C11H7Cl2F2NO2S2. The lowest BCUT2D eigenvalue weighted by atomic mass is 10.2. The average Bonchev–Trinajstić information content (AvgIpc) is 2.66. The van der Waals surface area contributed by atoms with Crippen LogP contribution >= 0.6 is 34.5 Å². The standard InChI is InChI=1S/C11H7Cl2F2NO2S2/c12-10-4-9(11(13)19-10)20(17,18)16-5-6-1-7(14)3-8(15)2-6/h1-4,16H,5H2. The molecule has 0 fully saturated rings. The van der Waals surface area contributed by atoms with Crippen molar-refractivity contribution in [2.75, 3.05) is 0 Å². The number of hydrogen-bond donors (Lipinski definition) is 1. The van der Waals surface area contributed by atoms with Gasteiger partial charge in [0.05, 0.1) is 4.34 Å². The summed E-state index contributed by atoms with van der Waals surface area (Å²) in [7, 11) is -3.89. The van der Waals surface area contributed by atoms with Crippen molar-refractivity contribution in [3.63, 3.8) is 0 Å². The third-order valence-corrected chi connectivity index (χ3v) is 5.46. The molecule has 1 heterocycles. The zero-order valence-corrected chi connectivity index (χ0v) is 12.8. The molecule has 0 spiro atoms. The largest absolute Gasteiger partial charge is 0.243 e. The van der Waals surface area contributed by atoms with Crippen molar-refractivity contribution in [1.82, 2.24) is 4.72 Å². The van der Waals surface area contributed by atoms with E-state index >= 15 is 0 Å². The van der Waals surface area contributed by atoms with Crippen LogP contribution in [-0.2, 0) is 16.6 Å². The summed E-state index contributed by atoms with van der Waals surface area (Å²) in [6.07, 6.45) is 0. The van der Waals surface area contributed by atoms with Crippen LogP contribution in [0, 0.1) is 11.6 Å². The molecule has 108 valence electrons. The third-order valence-electron chi connectivity index (χ3n) is 2.30. The Morgan fingerprint density at radius 3 is 2.20 bits per heavy atom. The molecule has 0 bridgehead atoms. The molecule has 2 aromatic rings. The fourth-order valence-corrected chi connectivity index (χ4v) is 4.64. The van der Waals surface area contributed by atoms with Crippen molar-refractivity contribution in [2.24, 2.45) is 0 Å². The maximum absolute atomic E-state index is 13.0. The van der Waals surface area contributed by atoms with Crippen LogP contribution < -0.4 is 4.72 Å². The third kappa shape index (κ3) is 3.67. The minimum Gasteiger partial charge on any atom is -0.207 e. The van der Waals surface area contributed by atoms with Gasteiger partial charge in [0.15, 0.2) is 0 Å². The molecule has 1 aromatic heterocycles. The number of nitrogens with one attached hydrogen (secondary N) is 1. The number of halogens is 4. The Morgan fingerprint density at radius 2 is 1.70 bits per heavy atom. The minimum absolute atomic E-state index is 0.0212. The van der Waals surface area contributed by atoms with E-state index in [9.17, 15) is 17.2 Å². The van der Waals surface area contributed by atoms with Gasteiger partial charge >= 0.3 is 0 Å². The fourth-order valence-electron chi connectivity index (χ4n) is 1.48. The van der Waals surface area contributed by atoms with Crippen LogP contribution in [0.15, 0.2) is 29.2 Å². The first-order valence-electron chi connectivity index (χ1n) is 5.17. The smallest absolute Gasteiger partial charge is 0.207 e. The normalized spacial score (nSPS) is 11.8. The number of benzene rings is 1. The van der Waals surface area contributed by atoms with E-state index in [2.05, 4.69) is 4.72 Å². The Balaban J connectivity index is 2.19. The van der Waals surface area contributed by atoms with Gasteiger partial charge in [0.25, 0.3) is 0 Å². The summed E-state index contributed by atoms with van der Waals surface area (Å²) in [5.74, 6) is -1.56. The van der Waals surface area contributed by atoms with Crippen LogP contribution in [0.2, 0.25) is 8.67 Å². The highest BCUT2D eigenvalue weighted by Gasteiger charge is 2.20. The molecule has 0 unspecified atom stereocenters. The van der Waals surface area contributed by atoms with Gasteiger partial charge in [-0.1, -0.05) is 23.2 Å². The maximum atomic E-state index is 13.0. The first-order valence-corrected chi connectivity index (χ1v) is 8.23. The fraction of sp³-hybridized carbons (Fsp3) is 0.0909. The molecule has 0 aliphatic rings. The Morgan fingerprint density at radius 1 is 1.10 bits per heavy atom. The molecule has 1 aromatic carbocycles. The second-order valence-corrected chi connectivity index (χ2v) is 7.81. The van der Waals surface area contributed by atoms with E-state index in [0.29, 0.717) is 6.07 Å². The highest BCUT2D eigenvalue weighted by Crippen LogP contribution is 2.34. The minimum atomic E-state index is -3.89. The van der Waals surface area contributed by atoms with Gasteiger partial charge < -0.3 is 0 Å². The molecule has 9 heteroatoms. The maximum Gasteiger partial charge on any atom is 0.243 e. The number of thiophene rings is 1. The number of hydrogen-bond acceptors (Lipinski definition) is 3. The molecule has 0 saturated heterocycles. The van der Waals surface area contributed by atoms with Crippen LogP contribution in [0.3, 0.4) is 0 Å². The van der Waals surface area contributed by atoms with Gasteiger partial charge in [-0.3, -0.25) is 0 Å². The molecule has 0 saturated carbocycles. The second kappa shape index (κ2) is 5.95. The Kier molecular flexibility index (Phi) is 4.66. The van der Waals surface area contributed by atoms with Gasteiger partial charge in [-0.25, -0.2) is 21.9 Å². The van der Waals surface area contributed by atoms with Gasteiger partial charge in [0.2, 0.25) is 10.0 Å². The molecule has 0 amide bonds. The highest BCUT2D eigenvalue weighted by atomic mass is 35.5. The molecule has 3 nitrogen and oxygen atoms in total. The van der Waals surface area contributed by atoms with E-state index in [1.54, 1.807) is 0 Å². The summed E-state index contributed by atoms with van der Waals surface area (Å²) < 4.78 is 52.4. The van der Waals surface area contributed by atoms with Crippen molar-refractivity contribution in [1.29, 1.82) is 0 Å². The lowest BCUT2D eigenvalue weighted by molar-refractivity contribution is 0.571.